The van der Waals surface area contributed by atoms with Crippen LogP contribution in [0.25, 0.3) is 0 Å². The van der Waals surface area contributed by atoms with Crippen molar-refractivity contribution in [3.8, 4) is 17.4 Å². The molecular weight excluding hydrogens is 403 g/mol. The van der Waals surface area contributed by atoms with E-state index >= 15 is 0 Å². The zero-order valence-corrected chi connectivity index (χ0v) is 15.8. The van der Waals surface area contributed by atoms with Crippen LogP contribution in [-0.2, 0) is 27.1 Å². The lowest BCUT2D eigenvalue weighted by Crippen LogP contribution is -2.07. The van der Waals surface area contributed by atoms with Crippen molar-refractivity contribution in [3.63, 3.8) is 0 Å². The predicted molar refractivity (Wildman–Crippen MR) is 93.6 cm³/mol. The van der Waals surface area contributed by atoms with Gasteiger partial charge in [0, 0.05) is 31.9 Å². The molecule has 0 aliphatic heterocycles. The van der Waals surface area contributed by atoms with E-state index in [1.165, 1.54) is 20.1 Å². The molecule has 2 aromatic rings. The van der Waals surface area contributed by atoms with Gasteiger partial charge in [-0.2, -0.15) is 13.2 Å². The molecule has 6 nitrogen and oxygen atoms in total. The summed E-state index contributed by atoms with van der Waals surface area (Å²) >= 11 is 5.89. The van der Waals surface area contributed by atoms with E-state index in [-0.39, 0.29) is 29.9 Å². The minimum atomic E-state index is -4.58. The van der Waals surface area contributed by atoms with Crippen LogP contribution in [0.2, 0.25) is 5.02 Å². The Morgan fingerprint density at radius 1 is 1.21 bits per heavy atom. The van der Waals surface area contributed by atoms with Crippen molar-refractivity contribution < 1.29 is 36.9 Å². The average molecular weight is 420 g/mol. The first-order chi connectivity index (χ1) is 13.2. The van der Waals surface area contributed by atoms with Crippen LogP contribution in [-0.4, -0.2) is 31.3 Å². The maximum atomic E-state index is 12.8. The Bertz CT molecular complexity index is 829. The quantitative estimate of drug-likeness (QED) is 0.459. The lowest BCUT2D eigenvalue weighted by Gasteiger charge is -2.14. The molecule has 1 aromatic carbocycles. The number of esters is 1. The van der Waals surface area contributed by atoms with E-state index in [9.17, 15) is 18.0 Å². The predicted octanol–water partition coefficient (Wildman–Crippen LogP) is 4.63. The largest absolute Gasteiger partial charge is 0.491 e. The van der Waals surface area contributed by atoms with Crippen LogP contribution in [0.3, 0.4) is 0 Å². The van der Waals surface area contributed by atoms with Gasteiger partial charge >= 0.3 is 12.1 Å². The fourth-order valence-corrected chi connectivity index (χ4v) is 2.23. The number of hydrogen-bond donors (Lipinski definition) is 0. The Hall–Kier alpha value is -2.52. The number of benzene rings is 1. The molecule has 0 bridgehead atoms. The molecule has 2 rings (SSSR count). The zero-order chi connectivity index (χ0) is 20.7. The highest BCUT2D eigenvalue weighted by Crippen LogP contribution is 2.36. The molecule has 152 valence electrons. The molecule has 0 unspecified atom stereocenters. The molecular formula is C18H17ClF3NO5. The fourth-order valence-electron chi connectivity index (χ4n) is 2.02. The Labute approximate surface area is 164 Å². The Morgan fingerprint density at radius 2 is 1.96 bits per heavy atom. The van der Waals surface area contributed by atoms with Gasteiger partial charge in [-0.3, -0.25) is 4.79 Å². The number of aromatic nitrogens is 1. The summed E-state index contributed by atoms with van der Waals surface area (Å²) in [6, 6.07) is 5.43. The SMILES string of the molecule is COCCOc1ccc(COC(C)=O)c(Oc2ncc(C(F)(F)F)cc2Cl)c1. The Balaban J connectivity index is 2.29. The van der Waals surface area contributed by atoms with Crippen LogP contribution in [0, 0.1) is 0 Å². The summed E-state index contributed by atoms with van der Waals surface area (Å²) in [4.78, 5) is 14.7. The van der Waals surface area contributed by atoms with Crippen LogP contribution in [0.1, 0.15) is 18.1 Å². The summed E-state index contributed by atoms with van der Waals surface area (Å²) in [6.45, 7) is 1.77. The number of hydrogen-bond acceptors (Lipinski definition) is 6. The summed E-state index contributed by atoms with van der Waals surface area (Å²) in [5.41, 5.74) is -0.548. The molecule has 0 spiro atoms. The van der Waals surface area contributed by atoms with Gasteiger partial charge < -0.3 is 18.9 Å². The minimum Gasteiger partial charge on any atom is -0.491 e. The maximum Gasteiger partial charge on any atom is 0.417 e. The molecule has 10 heteroatoms. The Morgan fingerprint density at radius 3 is 2.57 bits per heavy atom. The van der Waals surface area contributed by atoms with Gasteiger partial charge in [0.2, 0.25) is 5.88 Å². The number of methoxy groups -OCH3 is 1. The van der Waals surface area contributed by atoms with E-state index in [4.69, 9.17) is 30.5 Å². The topological polar surface area (TPSA) is 66.9 Å². The van der Waals surface area contributed by atoms with Gasteiger partial charge in [0.15, 0.2) is 0 Å². The van der Waals surface area contributed by atoms with Gasteiger partial charge in [-0.15, -0.1) is 0 Å². The van der Waals surface area contributed by atoms with Crippen molar-refractivity contribution in [2.75, 3.05) is 20.3 Å². The number of carbonyl (C=O) groups excluding carboxylic acids is 1. The monoisotopic (exact) mass is 419 g/mol. The summed E-state index contributed by atoms with van der Waals surface area (Å²) in [5.74, 6) is -0.142. The van der Waals surface area contributed by atoms with Crippen LogP contribution in [0.15, 0.2) is 30.5 Å². The molecule has 28 heavy (non-hydrogen) atoms. The normalized spacial score (nSPS) is 11.2. The third-order valence-corrected chi connectivity index (χ3v) is 3.64. The van der Waals surface area contributed by atoms with Crippen LogP contribution in [0.5, 0.6) is 17.4 Å². The van der Waals surface area contributed by atoms with E-state index < -0.39 is 17.7 Å². The van der Waals surface area contributed by atoms with Gasteiger partial charge in [0.05, 0.1) is 12.2 Å². The van der Waals surface area contributed by atoms with Crippen molar-refractivity contribution in [2.24, 2.45) is 0 Å². The summed E-state index contributed by atoms with van der Waals surface area (Å²) in [6.07, 6.45) is -3.96. The number of rotatable bonds is 8. The highest BCUT2D eigenvalue weighted by Gasteiger charge is 2.32. The number of ether oxygens (including phenoxy) is 4. The third-order valence-electron chi connectivity index (χ3n) is 3.37. The summed E-state index contributed by atoms with van der Waals surface area (Å²) < 4.78 is 59.2. The Kier molecular flexibility index (Phi) is 7.47. The van der Waals surface area contributed by atoms with Crippen molar-refractivity contribution in [1.29, 1.82) is 0 Å². The lowest BCUT2D eigenvalue weighted by molar-refractivity contribution is -0.142. The fraction of sp³-hybridized carbons (Fsp3) is 0.333. The number of carbonyl (C=O) groups is 1. The van der Waals surface area contributed by atoms with E-state index in [0.29, 0.717) is 30.2 Å². The number of nitrogens with zero attached hydrogens (tertiary/aromatic N) is 1. The van der Waals surface area contributed by atoms with Crippen molar-refractivity contribution in [1.82, 2.24) is 4.98 Å². The molecule has 1 aromatic heterocycles. The minimum absolute atomic E-state index is 0.110. The summed E-state index contributed by atoms with van der Waals surface area (Å²) in [7, 11) is 1.53. The molecule has 1 heterocycles. The molecule has 0 saturated heterocycles. The van der Waals surface area contributed by atoms with Crippen LogP contribution < -0.4 is 9.47 Å². The van der Waals surface area contributed by atoms with E-state index in [1.807, 2.05) is 0 Å². The first kappa shape index (κ1) is 21.8. The third kappa shape index (κ3) is 6.28. The molecule has 0 atom stereocenters. The molecule has 0 N–H and O–H groups in total. The van der Waals surface area contributed by atoms with E-state index in [0.717, 1.165) is 0 Å². The second-order valence-electron chi connectivity index (χ2n) is 5.50. The highest BCUT2D eigenvalue weighted by atomic mass is 35.5. The van der Waals surface area contributed by atoms with Gasteiger partial charge in [-0.25, -0.2) is 4.98 Å². The molecule has 0 aliphatic carbocycles. The molecule has 0 aliphatic rings. The standard InChI is InChI=1S/C18H17ClF3NO5/c1-11(24)27-10-12-3-4-14(26-6-5-25-2)8-16(12)28-17-15(19)7-13(9-23-17)18(20,21)22/h3-4,7-9H,5-6,10H2,1-2H3. The smallest absolute Gasteiger partial charge is 0.417 e. The van der Waals surface area contributed by atoms with Crippen molar-refractivity contribution >= 4 is 17.6 Å². The maximum absolute atomic E-state index is 12.8. The number of pyridine rings is 1. The van der Waals surface area contributed by atoms with E-state index in [2.05, 4.69) is 4.98 Å². The molecule has 0 fully saturated rings. The lowest BCUT2D eigenvalue weighted by atomic mass is 10.2. The van der Waals surface area contributed by atoms with Crippen molar-refractivity contribution in [2.45, 2.75) is 19.7 Å². The first-order valence-electron chi connectivity index (χ1n) is 7.99. The molecule has 0 amide bonds. The molecule has 0 radical (unpaired) electrons. The summed E-state index contributed by atoms with van der Waals surface area (Å²) in [5, 5.41) is -0.320. The van der Waals surface area contributed by atoms with E-state index in [1.54, 1.807) is 12.1 Å². The second kappa shape index (κ2) is 9.61. The van der Waals surface area contributed by atoms with Gasteiger partial charge in [-0.1, -0.05) is 11.6 Å². The molecule has 0 saturated carbocycles. The first-order valence-corrected chi connectivity index (χ1v) is 8.37. The van der Waals surface area contributed by atoms with Gasteiger partial charge in [0.1, 0.15) is 29.7 Å². The number of alkyl halides is 3. The van der Waals surface area contributed by atoms with Crippen LogP contribution >= 0.6 is 11.6 Å². The average Bonchev–Trinajstić information content (AvgIpc) is 2.62. The van der Waals surface area contributed by atoms with Crippen molar-refractivity contribution in [3.05, 3.63) is 46.6 Å². The van der Waals surface area contributed by atoms with Crippen LogP contribution in [0.4, 0.5) is 13.2 Å². The number of halogens is 4. The van der Waals surface area contributed by atoms with Gasteiger partial charge in [0.25, 0.3) is 0 Å². The highest BCUT2D eigenvalue weighted by molar-refractivity contribution is 6.31. The second-order valence-corrected chi connectivity index (χ2v) is 5.91. The van der Waals surface area contributed by atoms with Gasteiger partial charge in [-0.05, 0) is 18.2 Å². The zero-order valence-electron chi connectivity index (χ0n) is 15.0.